The summed E-state index contributed by atoms with van der Waals surface area (Å²) < 4.78 is 41.6. The first-order valence-corrected chi connectivity index (χ1v) is 7.00. The number of benzene rings is 1. The fourth-order valence-electron chi connectivity index (χ4n) is 2.56. The van der Waals surface area contributed by atoms with E-state index in [1.54, 1.807) is 18.2 Å². The maximum atomic E-state index is 12.5. The van der Waals surface area contributed by atoms with Gasteiger partial charge in [0.05, 0.1) is 0 Å². The largest absolute Gasteiger partial charge is 0.573 e. The lowest BCUT2D eigenvalue weighted by Crippen LogP contribution is -2.26. The van der Waals surface area contributed by atoms with Gasteiger partial charge in [0.25, 0.3) is 0 Å². The van der Waals surface area contributed by atoms with E-state index in [9.17, 15) is 13.2 Å². The summed E-state index contributed by atoms with van der Waals surface area (Å²) in [5.41, 5.74) is 0.604. The zero-order chi connectivity index (χ0) is 14.8. The van der Waals surface area contributed by atoms with E-state index in [4.69, 9.17) is 0 Å². The second-order valence-electron chi connectivity index (χ2n) is 5.39. The summed E-state index contributed by atoms with van der Waals surface area (Å²) in [6.45, 7) is 4.95. The van der Waals surface area contributed by atoms with E-state index in [2.05, 4.69) is 17.0 Å². The van der Waals surface area contributed by atoms with E-state index in [1.165, 1.54) is 6.07 Å². The first-order chi connectivity index (χ1) is 9.42. The summed E-state index contributed by atoms with van der Waals surface area (Å²) in [6, 6.07) is 6.36. The summed E-state index contributed by atoms with van der Waals surface area (Å²) >= 11 is 0. The van der Waals surface area contributed by atoms with Crippen molar-refractivity contribution >= 4 is 0 Å². The van der Waals surface area contributed by atoms with Gasteiger partial charge in [0, 0.05) is 11.6 Å². The summed E-state index contributed by atoms with van der Waals surface area (Å²) in [5.74, 6) is 0.843. The van der Waals surface area contributed by atoms with Gasteiger partial charge in [-0.05, 0) is 37.3 Å². The summed E-state index contributed by atoms with van der Waals surface area (Å²) in [7, 11) is 0. The third-order valence-corrected chi connectivity index (χ3v) is 3.69. The molecule has 1 N–H and O–H groups in total. The number of para-hydroxylation sites is 1. The number of nitrogens with one attached hydrogen (secondary N) is 1. The third kappa shape index (κ3) is 3.88. The summed E-state index contributed by atoms with van der Waals surface area (Å²) in [4.78, 5) is 0. The molecule has 0 radical (unpaired) electrons. The molecule has 0 saturated heterocycles. The standard InChI is InChI=1S/C15H20F3NO/c1-3-8-19-14(12-9-10(12)2)11-6-4-5-7-13(11)20-15(16,17)18/h4-7,10,12,14,19H,3,8-9H2,1-2H3. The second-order valence-corrected chi connectivity index (χ2v) is 5.39. The molecule has 2 rings (SSSR count). The number of ether oxygens (including phenoxy) is 1. The van der Waals surface area contributed by atoms with Gasteiger partial charge in [-0.3, -0.25) is 0 Å². The zero-order valence-electron chi connectivity index (χ0n) is 11.7. The van der Waals surface area contributed by atoms with Crippen LogP contribution in [0.3, 0.4) is 0 Å². The van der Waals surface area contributed by atoms with Crippen LogP contribution in [-0.4, -0.2) is 12.9 Å². The molecule has 112 valence electrons. The van der Waals surface area contributed by atoms with Crippen molar-refractivity contribution in [2.45, 2.75) is 39.1 Å². The molecule has 0 spiro atoms. The van der Waals surface area contributed by atoms with Crippen LogP contribution in [0.25, 0.3) is 0 Å². The van der Waals surface area contributed by atoms with E-state index in [0.717, 1.165) is 19.4 Å². The molecule has 3 atom stereocenters. The Balaban J connectivity index is 2.23. The molecule has 1 aromatic rings. The normalized spacial score (nSPS) is 23.4. The van der Waals surface area contributed by atoms with Crippen molar-refractivity contribution in [2.75, 3.05) is 6.54 Å². The van der Waals surface area contributed by atoms with Crippen molar-refractivity contribution in [1.29, 1.82) is 0 Å². The van der Waals surface area contributed by atoms with Crippen LogP contribution >= 0.6 is 0 Å². The SMILES string of the molecule is CCCNC(c1ccccc1OC(F)(F)F)C1CC1C. The number of halogens is 3. The lowest BCUT2D eigenvalue weighted by atomic mass is 10.00. The van der Waals surface area contributed by atoms with Gasteiger partial charge in [-0.15, -0.1) is 13.2 Å². The highest BCUT2D eigenvalue weighted by Gasteiger charge is 2.42. The van der Waals surface area contributed by atoms with Crippen molar-refractivity contribution in [3.05, 3.63) is 29.8 Å². The molecule has 0 aromatic heterocycles. The summed E-state index contributed by atoms with van der Waals surface area (Å²) in [5, 5.41) is 3.36. The predicted octanol–water partition coefficient (Wildman–Crippen LogP) is 4.28. The fraction of sp³-hybridized carbons (Fsp3) is 0.600. The number of hydrogen-bond donors (Lipinski definition) is 1. The Morgan fingerprint density at radius 2 is 2.00 bits per heavy atom. The molecule has 0 aliphatic heterocycles. The van der Waals surface area contributed by atoms with Gasteiger partial charge in [0.1, 0.15) is 5.75 Å². The average molecular weight is 287 g/mol. The van der Waals surface area contributed by atoms with Gasteiger partial charge in [0.2, 0.25) is 0 Å². The molecule has 2 nitrogen and oxygen atoms in total. The Bertz CT molecular complexity index is 447. The Hall–Kier alpha value is -1.23. The lowest BCUT2D eigenvalue weighted by molar-refractivity contribution is -0.275. The quantitative estimate of drug-likeness (QED) is 0.843. The molecule has 3 unspecified atom stereocenters. The minimum Gasteiger partial charge on any atom is -0.405 e. The molecular weight excluding hydrogens is 267 g/mol. The first kappa shape index (κ1) is 15.2. The highest BCUT2D eigenvalue weighted by Crippen LogP contribution is 2.49. The van der Waals surface area contributed by atoms with E-state index in [-0.39, 0.29) is 11.8 Å². The average Bonchev–Trinajstić information content (AvgIpc) is 3.07. The van der Waals surface area contributed by atoms with Crippen molar-refractivity contribution in [1.82, 2.24) is 5.32 Å². The molecule has 1 saturated carbocycles. The number of rotatable bonds is 6. The van der Waals surface area contributed by atoms with Crippen LogP contribution in [0.15, 0.2) is 24.3 Å². The molecule has 0 heterocycles. The number of hydrogen-bond acceptors (Lipinski definition) is 2. The molecular formula is C15H20F3NO. The van der Waals surface area contributed by atoms with E-state index in [0.29, 0.717) is 17.4 Å². The van der Waals surface area contributed by atoms with Crippen LogP contribution in [0.1, 0.15) is 38.3 Å². The van der Waals surface area contributed by atoms with Gasteiger partial charge < -0.3 is 10.1 Å². The third-order valence-electron chi connectivity index (χ3n) is 3.69. The molecule has 0 bridgehead atoms. The second kappa shape index (κ2) is 6.04. The Morgan fingerprint density at radius 1 is 1.35 bits per heavy atom. The zero-order valence-corrected chi connectivity index (χ0v) is 11.7. The Labute approximate surface area is 117 Å². The van der Waals surface area contributed by atoms with Crippen LogP contribution in [0.4, 0.5) is 13.2 Å². The minimum atomic E-state index is -4.65. The number of alkyl halides is 3. The topological polar surface area (TPSA) is 21.3 Å². The van der Waals surface area contributed by atoms with Crippen molar-refractivity contribution < 1.29 is 17.9 Å². The first-order valence-electron chi connectivity index (χ1n) is 7.00. The van der Waals surface area contributed by atoms with E-state index >= 15 is 0 Å². The lowest BCUT2D eigenvalue weighted by Gasteiger charge is -2.22. The van der Waals surface area contributed by atoms with Gasteiger partial charge >= 0.3 is 6.36 Å². The van der Waals surface area contributed by atoms with E-state index < -0.39 is 6.36 Å². The molecule has 1 aliphatic rings. The van der Waals surface area contributed by atoms with Crippen LogP contribution < -0.4 is 10.1 Å². The van der Waals surface area contributed by atoms with Crippen molar-refractivity contribution in [3.8, 4) is 5.75 Å². The Morgan fingerprint density at radius 3 is 2.55 bits per heavy atom. The van der Waals surface area contributed by atoms with E-state index in [1.807, 2.05) is 6.92 Å². The monoisotopic (exact) mass is 287 g/mol. The van der Waals surface area contributed by atoms with Crippen LogP contribution in [0, 0.1) is 11.8 Å². The predicted molar refractivity (Wildman–Crippen MR) is 71.4 cm³/mol. The van der Waals surface area contributed by atoms with Gasteiger partial charge in [-0.1, -0.05) is 32.0 Å². The van der Waals surface area contributed by atoms with Crippen LogP contribution in [0.5, 0.6) is 5.75 Å². The molecule has 1 aromatic carbocycles. The maximum Gasteiger partial charge on any atom is 0.573 e. The molecule has 20 heavy (non-hydrogen) atoms. The van der Waals surface area contributed by atoms with Gasteiger partial charge in [-0.2, -0.15) is 0 Å². The highest BCUT2D eigenvalue weighted by atomic mass is 19.4. The van der Waals surface area contributed by atoms with Crippen LogP contribution in [0.2, 0.25) is 0 Å². The Kier molecular flexibility index (Phi) is 4.58. The smallest absolute Gasteiger partial charge is 0.405 e. The van der Waals surface area contributed by atoms with Crippen molar-refractivity contribution in [2.24, 2.45) is 11.8 Å². The molecule has 5 heteroatoms. The highest BCUT2D eigenvalue weighted by molar-refractivity contribution is 5.37. The van der Waals surface area contributed by atoms with Crippen molar-refractivity contribution in [3.63, 3.8) is 0 Å². The minimum absolute atomic E-state index is 0.0662. The van der Waals surface area contributed by atoms with Crippen LogP contribution in [-0.2, 0) is 0 Å². The molecule has 1 fully saturated rings. The van der Waals surface area contributed by atoms with Gasteiger partial charge in [-0.25, -0.2) is 0 Å². The molecule has 1 aliphatic carbocycles. The fourth-order valence-corrected chi connectivity index (χ4v) is 2.56. The van der Waals surface area contributed by atoms with Gasteiger partial charge in [0.15, 0.2) is 0 Å². The maximum absolute atomic E-state index is 12.5. The summed E-state index contributed by atoms with van der Waals surface area (Å²) in [6.07, 6.45) is -2.66. The molecule has 0 amide bonds.